The summed E-state index contributed by atoms with van der Waals surface area (Å²) in [5.74, 6) is 3.22. The maximum atomic E-state index is 6.15. The Morgan fingerprint density at radius 3 is 2.50 bits per heavy atom. The number of piperidine rings is 3. The molecule has 1 saturated carbocycles. The molecule has 0 amide bonds. The van der Waals surface area contributed by atoms with Crippen LogP contribution >= 0.6 is 12.4 Å². The number of hydrogen-bond donors (Lipinski definition) is 0. The molecule has 1 aromatic rings. The smallest absolute Gasteiger partial charge is 0.213 e. The van der Waals surface area contributed by atoms with Crippen molar-refractivity contribution in [1.29, 1.82) is 0 Å². The van der Waals surface area contributed by atoms with Crippen LogP contribution in [0, 0.1) is 17.8 Å². The molecule has 3 saturated heterocycles. The van der Waals surface area contributed by atoms with Crippen LogP contribution in [-0.4, -0.2) is 35.6 Å². The minimum atomic E-state index is 0. The Balaban J connectivity index is 0.000001000. The molecular formula is C14H19ClN2O. The molecule has 4 heteroatoms. The molecule has 2 atom stereocenters. The number of ether oxygens (including phenoxy) is 1. The molecule has 0 spiro atoms. The van der Waals surface area contributed by atoms with Gasteiger partial charge in [-0.05, 0) is 24.8 Å². The van der Waals surface area contributed by atoms with E-state index in [1.807, 2.05) is 24.4 Å². The van der Waals surface area contributed by atoms with Gasteiger partial charge in [-0.15, -0.1) is 12.4 Å². The lowest BCUT2D eigenvalue weighted by Crippen LogP contribution is -2.61. The number of pyridine rings is 1. The van der Waals surface area contributed by atoms with E-state index in [9.17, 15) is 0 Å². The van der Waals surface area contributed by atoms with Crippen LogP contribution in [0.3, 0.4) is 0 Å². The predicted molar refractivity (Wildman–Crippen MR) is 72.0 cm³/mol. The monoisotopic (exact) mass is 266 g/mol. The van der Waals surface area contributed by atoms with Crippen LogP contribution in [-0.2, 0) is 0 Å². The minimum Gasteiger partial charge on any atom is -0.474 e. The average molecular weight is 267 g/mol. The Bertz CT molecular complexity index is 384. The lowest BCUT2D eigenvalue weighted by Gasteiger charge is -2.55. The molecule has 0 N–H and O–H groups in total. The number of hydrogen-bond acceptors (Lipinski definition) is 3. The largest absolute Gasteiger partial charge is 0.474 e. The lowest BCUT2D eigenvalue weighted by atomic mass is 9.66. The first-order valence-corrected chi connectivity index (χ1v) is 6.68. The number of rotatable bonds is 2. The van der Waals surface area contributed by atoms with Crippen molar-refractivity contribution < 1.29 is 4.74 Å². The first-order valence-electron chi connectivity index (χ1n) is 6.68. The molecule has 3 nitrogen and oxygen atoms in total. The summed E-state index contributed by atoms with van der Waals surface area (Å²) >= 11 is 0. The van der Waals surface area contributed by atoms with Crippen LogP contribution in [0.4, 0.5) is 0 Å². The Morgan fingerprint density at radius 2 is 1.89 bits per heavy atom. The molecule has 2 unspecified atom stereocenters. The quantitative estimate of drug-likeness (QED) is 0.821. The van der Waals surface area contributed by atoms with Gasteiger partial charge < -0.3 is 9.64 Å². The van der Waals surface area contributed by atoms with Gasteiger partial charge in [0.1, 0.15) is 6.10 Å². The van der Waals surface area contributed by atoms with Crippen molar-refractivity contribution in [2.45, 2.75) is 18.9 Å². The first-order chi connectivity index (χ1) is 8.38. The number of aromatic nitrogens is 1. The molecule has 0 radical (unpaired) electrons. The third kappa shape index (κ3) is 1.99. The fourth-order valence-electron chi connectivity index (χ4n) is 4.11. The van der Waals surface area contributed by atoms with Gasteiger partial charge in [0.25, 0.3) is 0 Å². The first kappa shape index (κ1) is 12.2. The predicted octanol–water partition coefficient (Wildman–Crippen LogP) is 2.22. The van der Waals surface area contributed by atoms with E-state index in [1.54, 1.807) is 0 Å². The van der Waals surface area contributed by atoms with Gasteiger partial charge in [-0.25, -0.2) is 4.98 Å². The highest BCUT2D eigenvalue weighted by Crippen LogP contribution is 2.44. The maximum Gasteiger partial charge on any atom is 0.213 e. The van der Waals surface area contributed by atoms with Gasteiger partial charge in [-0.2, -0.15) is 0 Å². The van der Waals surface area contributed by atoms with Gasteiger partial charge in [0, 0.05) is 43.7 Å². The zero-order chi connectivity index (χ0) is 11.2. The van der Waals surface area contributed by atoms with Crippen LogP contribution in [0.1, 0.15) is 12.8 Å². The third-order valence-electron chi connectivity index (χ3n) is 4.60. The van der Waals surface area contributed by atoms with Crippen LogP contribution in [0.2, 0.25) is 0 Å². The Kier molecular flexibility index (Phi) is 3.20. The van der Waals surface area contributed by atoms with Crippen molar-refractivity contribution in [1.82, 2.24) is 9.88 Å². The Hall–Kier alpha value is -0.800. The van der Waals surface area contributed by atoms with Crippen LogP contribution < -0.4 is 4.74 Å². The summed E-state index contributed by atoms with van der Waals surface area (Å²) in [5, 5.41) is 0. The molecule has 98 valence electrons. The van der Waals surface area contributed by atoms with E-state index in [4.69, 9.17) is 4.74 Å². The zero-order valence-corrected chi connectivity index (χ0v) is 11.2. The molecular weight excluding hydrogens is 248 g/mol. The van der Waals surface area contributed by atoms with Crippen molar-refractivity contribution in [3.05, 3.63) is 24.4 Å². The van der Waals surface area contributed by atoms with Crippen molar-refractivity contribution in [3.63, 3.8) is 0 Å². The maximum absolute atomic E-state index is 6.15. The average Bonchev–Trinajstić information content (AvgIpc) is 2.34. The van der Waals surface area contributed by atoms with Gasteiger partial charge in [0.15, 0.2) is 0 Å². The topological polar surface area (TPSA) is 25.4 Å². The van der Waals surface area contributed by atoms with Crippen molar-refractivity contribution in [2.24, 2.45) is 17.8 Å². The second-order valence-electron chi connectivity index (χ2n) is 5.83. The van der Waals surface area contributed by atoms with Gasteiger partial charge in [0.2, 0.25) is 5.88 Å². The van der Waals surface area contributed by atoms with Gasteiger partial charge >= 0.3 is 0 Å². The highest BCUT2D eigenvalue weighted by atomic mass is 35.5. The third-order valence-corrected chi connectivity index (χ3v) is 4.60. The fourth-order valence-corrected chi connectivity index (χ4v) is 4.11. The second-order valence-corrected chi connectivity index (χ2v) is 5.83. The fraction of sp³-hybridized carbons (Fsp3) is 0.643. The Morgan fingerprint density at radius 1 is 1.11 bits per heavy atom. The van der Waals surface area contributed by atoms with E-state index in [0.29, 0.717) is 6.10 Å². The molecule has 4 bridgehead atoms. The lowest BCUT2D eigenvalue weighted by molar-refractivity contribution is -0.0997. The second kappa shape index (κ2) is 4.71. The number of halogens is 1. The molecule has 4 fully saturated rings. The molecule has 3 aliphatic heterocycles. The summed E-state index contributed by atoms with van der Waals surface area (Å²) < 4.78 is 6.15. The minimum absolute atomic E-state index is 0. The van der Waals surface area contributed by atoms with Crippen LogP contribution in [0.15, 0.2) is 24.4 Å². The molecule has 4 heterocycles. The van der Waals surface area contributed by atoms with E-state index in [-0.39, 0.29) is 12.4 Å². The highest BCUT2D eigenvalue weighted by molar-refractivity contribution is 5.85. The molecule has 4 aliphatic rings. The van der Waals surface area contributed by atoms with Crippen molar-refractivity contribution >= 4 is 12.4 Å². The molecule has 1 aliphatic carbocycles. The van der Waals surface area contributed by atoms with Gasteiger partial charge in [-0.3, -0.25) is 0 Å². The van der Waals surface area contributed by atoms with E-state index in [2.05, 4.69) is 9.88 Å². The summed E-state index contributed by atoms with van der Waals surface area (Å²) in [7, 11) is 0. The zero-order valence-electron chi connectivity index (χ0n) is 10.4. The number of nitrogens with zero attached hydrogens (tertiary/aromatic N) is 2. The van der Waals surface area contributed by atoms with Crippen molar-refractivity contribution in [3.8, 4) is 5.88 Å². The summed E-state index contributed by atoms with van der Waals surface area (Å²) in [4.78, 5) is 6.92. The summed E-state index contributed by atoms with van der Waals surface area (Å²) in [6, 6.07) is 5.92. The molecule has 1 aromatic heterocycles. The Labute approximate surface area is 114 Å². The van der Waals surface area contributed by atoms with Crippen molar-refractivity contribution in [2.75, 3.05) is 19.6 Å². The normalized spacial score (nSPS) is 40.3. The van der Waals surface area contributed by atoms with Gasteiger partial charge in [0.05, 0.1) is 0 Å². The highest BCUT2D eigenvalue weighted by Gasteiger charge is 2.48. The van der Waals surface area contributed by atoms with E-state index < -0.39 is 0 Å². The van der Waals surface area contributed by atoms with Crippen LogP contribution in [0.5, 0.6) is 5.88 Å². The molecule has 0 aromatic carbocycles. The summed E-state index contributed by atoms with van der Waals surface area (Å²) in [6.45, 7) is 3.82. The summed E-state index contributed by atoms with van der Waals surface area (Å²) in [6.07, 6.45) is 4.96. The van der Waals surface area contributed by atoms with E-state index in [1.165, 1.54) is 32.5 Å². The SMILES string of the molecule is Cl.c1ccc(OC2C3CC4CC2CN(C4)C3)nc1. The van der Waals surface area contributed by atoms with Crippen LogP contribution in [0.25, 0.3) is 0 Å². The van der Waals surface area contributed by atoms with E-state index >= 15 is 0 Å². The summed E-state index contributed by atoms with van der Waals surface area (Å²) in [5.41, 5.74) is 0. The van der Waals surface area contributed by atoms with E-state index in [0.717, 1.165) is 23.6 Å². The standard InChI is InChI=1S/C14H18N2O.ClH/c1-2-4-15-13(3-1)17-14-11-5-10-6-12(14)9-16(7-10)8-11;/h1-4,10-12,14H,5-9H2;1H. The van der Waals surface area contributed by atoms with Gasteiger partial charge in [-0.1, -0.05) is 6.07 Å². The molecule has 18 heavy (non-hydrogen) atoms. The molecule has 5 rings (SSSR count).